The molecule has 0 heterocycles. The molecular formula is C4H8NO3P. The predicted octanol–water partition coefficient (Wildman–Crippen LogP) is 0.742. The van der Waals surface area contributed by atoms with Gasteiger partial charge in [-0.3, -0.25) is 9.36 Å². The molecule has 0 radical (unpaired) electrons. The van der Waals surface area contributed by atoms with Gasteiger partial charge in [0, 0.05) is 0 Å². The van der Waals surface area contributed by atoms with E-state index in [1.54, 1.807) is 0 Å². The van der Waals surface area contributed by atoms with Gasteiger partial charge in [-0.2, -0.15) is 0 Å². The standard InChI is InChI=1S/C4H8NO3P/c1-2-3-8-9(7)4(5)6/h2,9H,1,3H2,(H2,5,6). The van der Waals surface area contributed by atoms with Crippen LogP contribution in [0.5, 0.6) is 0 Å². The van der Waals surface area contributed by atoms with E-state index in [0.29, 0.717) is 0 Å². The Kier molecular flexibility index (Phi) is 4.01. The first kappa shape index (κ1) is 8.40. The third-order valence-corrected chi connectivity index (χ3v) is 1.36. The van der Waals surface area contributed by atoms with Gasteiger partial charge in [0.1, 0.15) is 0 Å². The molecule has 5 heteroatoms. The molecular weight excluding hydrogens is 141 g/mol. The summed E-state index contributed by atoms with van der Waals surface area (Å²) in [6, 6.07) is 0. The lowest BCUT2D eigenvalue weighted by Gasteiger charge is -1.93. The summed E-state index contributed by atoms with van der Waals surface area (Å²) >= 11 is 0. The number of rotatable bonds is 4. The fourth-order valence-corrected chi connectivity index (χ4v) is 0.617. The highest BCUT2D eigenvalue weighted by Gasteiger charge is 2.03. The monoisotopic (exact) mass is 149 g/mol. The second kappa shape index (κ2) is 4.30. The zero-order valence-corrected chi connectivity index (χ0v) is 5.79. The van der Waals surface area contributed by atoms with Crippen LogP contribution in [0.25, 0.3) is 0 Å². The largest absolute Gasteiger partial charge is 0.361 e. The van der Waals surface area contributed by atoms with Crippen LogP contribution in [0.1, 0.15) is 0 Å². The molecule has 0 spiro atoms. The summed E-state index contributed by atoms with van der Waals surface area (Å²) in [7, 11) is -2.65. The lowest BCUT2D eigenvalue weighted by atomic mass is 10.7. The smallest absolute Gasteiger partial charge is 0.300 e. The van der Waals surface area contributed by atoms with Crippen LogP contribution < -0.4 is 5.73 Å². The van der Waals surface area contributed by atoms with Crippen LogP contribution in [0, 0.1) is 0 Å². The van der Waals surface area contributed by atoms with E-state index in [2.05, 4.69) is 16.8 Å². The number of hydrogen-bond donors (Lipinski definition) is 1. The summed E-state index contributed by atoms with van der Waals surface area (Å²) in [5.41, 5.74) is 3.71. The van der Waals surface area contributed by atoms with E-state index in [0.717, 1.165) is 0 Å². The van der Waals surface area contributed by atoms with Crippen molar-refractivity contribution in [3.63, 3.8) is 0 Å². The van der Waals surface area contributed by atoms with Gasteiger partial charge in [0.05, 0.1) is 6.61 Å². The molecule has 2 N–H and O–H groups in total. The van der Waals surface area contributed by atoms with E-state index >= 15 is 0 Å². The van der Waals surface area contributed by atoms with Crippen molar-refractivity contribution in [2.45, 2.75) is 0 Å². The lowest BCUT2D eigenvalue weighted by molar-refractivity contribution is 0.260. The highest BCUT2D eigenvalue weighted by atomic mass is 31.1. The minimum Gasteiger partial charge on any atom is -0.361 e. The number of amides is 1. The van der Waals surface area contributed by atoms with Gasteiger partial charge in [-0.25, -0.2) is 0 Å². The normalized spacial score (nSPS) is 12.4. The summed E-state index contributed by atoms with van der Waals surface area (Å²) in [6.07, 6.45) is 1.39. The highest BCUT2D eigenvalue weighted by molar-refractivity contribution is 7.58. The average Bonchev–Trinajstić information content (AvgIpc) is 1.82. The molecule has 1 unspecified atom stereocenters. The fraction of sp³-hybridized carbons (Fsp3) is 0.250. The second-order valence-corrected chi connectivity index (χ2v) is 2.61. The molecule has 0 aliphatic carbocycles. The summed E-state index contributed by atoms with van der Waals surface area (Å²) in [4.78, 5) is 10.0. The fourth-order valence-electron chi connectivity index (χ4n) is 0.206. The van der Waals surface area contributed by atoms with Gasteiger partial charge >= 0.3 is 0 Å². The Hall–Kier alpha value is -0.600. The van der Waals surface area contributed by atoms with Gasteiger partial charge in [0.25, 0.3) is 13.7 Å². The average molecular weight is 149 g/mol. The Balaban J connectivity index is 3.51. The van der Waals surface area contributed by atoms with Crippen molar-refractivity contribution in [3.8, 4) is 0 Å². The SMILES string of the molecule is C=CCO[PH](=O)C(N)=O. The van der Waals surface area contributed by atoms with Gasteiger partial charge in [0.2, 0.25) is 0 Å². The van der Waals surface area contributed by atoms with Crippen molar-refractivity contribution in [2.75, 3.05) is 6.61 Å². The van der Waals surface area contributed by atoms with Gasteiger partial charge < -0.3 is 10.3 Å². The van der Waals surface area contributed by atoms with Crippen molar-refractivity contribution < 1.29 is 13.9 Å². The number of carbonyl (C=O) groups excluding carboxylic acids is 1. The number of primary amides is 1. The predicted molar refractivity (Wildman–Crippen MR) is 34.7 cm³/mol. The van der Waals surface area contributed by atoms with Crippen molar-refractivity contribution in [3.05, 3.63) is 12.7 Å². The van der Waals surface area contributed by atoms with Crippen LogP contribution in [0.2, 0.25) is 0 Å². The van der Waals surface area contributed by atoms with Crippen LogP contribution in [-0.2, 0) is 9.09 Å². The molecule has 0 fully saturated rings. The van der Waals surface area contributed by atoms with Crippen LogP contribution in [0.15, 0.2) is 12.7 Å². The van der Waals surface area contributed by atoms with Gasteiger partial charge in [-0.1, -0.05) is 6.08 Å². The van der Waals surface area contributed by atoms with Crippen LogP contribution in [0.4, 0.5) is 4.79 Å². The first-order valence-electron chi connectivity index (χ1n) is 2.26. The maximum atomic E-state index is 10.3. The number of hydrogen-bond acceptors (Lipinski definition) is 3. The molecule has 0 aliphatic heterocycles. The molecule has 4 nitrogen and oxygen atoms in total. The topological polar surface area (TPSA) is 69.4 Å². The first-order valence-corrected chi connectivity index (χ1v) is 3.57. The Morgan fingerprint density at radius 1 is 1.89 bits per heavy atom. The van der Waals surface area contributed by atoms with Crippen molar-refractivity contribution in [2.24, 2.45) is 5.73 Å². The molecule has 0 rings (SSSR count). The van der Waals surface area contributed by atoms with Crippen LogP contribution in [0.3, 0.4) is 0 Å². The minimum atomic E-state index is -2.65. The zero-order valence-electron chi connectivity index (χ0n) is 4.79. The molecule has 0 aliphatic rings. The van der Waals surface area contributed by atoms with E-state index in [1.807, 2.05) is 0 Å². The van der Waals surface area contributed by atoms with Crippen LogP contribution >= 0.6 is 8.03 Å². The maximum Gasteiger partial charge on any atom is 0.300 e. The molecule has 0 aromatic heterocycles. The van der Waals surface area contributed by atoms with E-state index in [4.69, 9.17) is 0 Å². The highest BCUT2D eigenvalue weighted by Crippen LogP contribution is 2.20. The molecule has 52 valence electrons. The lowest BCUT2D eigenvalue weighted by Crippen LogP contribution is -2.03. The molecule has 0 saturated carbocycles. The van der Waals surface area contributed by atoms with Gasteiger partial charge in [-0.15, -0.1) is 6.58 Å². The minimum absolute atomic E-state index is 0.0980. The Labute approximate surface area is 53.6 Å². The molecule has 1 atom stereocenters. The third kappa shape index (κ3) is 3.94. The van der Waals surface area contributed by atoms with Crippen molar-refractivity contribution in [1.82, 2.24) is 0 Å². The molecule has 9 heavy (non-hydrogen) atoms. The van der Waals surface area contributed by atoms with Gasteiger partial charge in [0.15, 0.2) is 0 Å². The van der Waals surface area contributed by atoms with E-state index in [9.17, 15) is 9.36 Å². The summed E-state index contributed by atoms with van der Waals surface area (Å²) < 4.78 is 14.7. The van der Waals surface area contributed by atoms with Crippen LogP contribution in [-0.4, -0.2) is 12.3 Å². The maximum absolute atomic E-state index is 10.3. The molecule has 0 aromatic rings. The Morgan fingerprint density at radius 2 is 2.44 bits per heavy atom. The molecule has 0 bridgehead atoms. The van der Waals surface area contributed by atoms with E-state index < -0.39 is 13.7 Å². The Morgan fingerprint density at radius 3 is 2.78 bits per heavy atom. The van der Waals surface area contributed by atoms with Crippen molar-refractivity contribution >= 4 is 13.7 Å². The molecule has 0 aromatic carbocycles. The summed E-state index contributed by atoms with van der Waals surface area (Å²) in [5.74, 6) is 0. The number of carbonyl (C=O) groups is 1. The molecule has 0 saturated heterocycles. The van der Waals surface area contributed by atoms with E-state index in [1.165, 1.54) is 6.08 Å². The summed E-state index contributed by atoms with van der Waals surface area (Å²) in [5, 5.41) is 0. The summed E-state index contributed by atoms with van der Waals surface area (Å²) in [6.45, 7) is 3.39. The first-order chi connectivity index (χ1) is 4.18. The third-order valence-electron chi connectivity index (χ3n) is 0.533. The quantitative estimate of drug-likeness (QED) is 0.473. The van der Waals surface area contributed by atoms with Gasteiger partial charge in [-0.05, 0) is 0 Å². The second-order valence-electron chi connectivity index (χ2n) is 1.25. The van der Waals surface area contributed by atoms with Crippen molar-refractivity contribution in [1.29, 1.82) is 0 Å². The Bertz CT molecular complexity index is 145. The molecule has 1 amide bonds. The van der Waals surface area contributed by atoms with E-state index in [-0.39, 0.29) is 6.61 Å². The number of nitrogens with two attached hydrogens (primary N) is 1. The zero-order chi connectivity index (χ0) is 7.28.